The minimum atomic E-state index is -1.01. The molecule has 0 saturated carbocycles. The van der Waals surface area contributed by atoms with Gasteiger partial charge in [-0.25, -0.2) is 9.42 Å². The Kier molecular flexibility index (Phi) is 4.24. The maximum atomic E-state index is 11.0. The molecule has 0 atom stereocenters. The van der Waals surface area contributed by atoms with Crippen LogP contribution >= 0.6 is 0 Å². The van der Waals surface area contributed by atoms with Crippen molar-refractivity contribution in [2.45, 2.75) is 0 Å². The number of aromatic carboxylic acids is 1. The Balaban J connectivity index is 1.77. The Morgan fingerprint density at radius 1 is 1.24 bits per heavy atom. The summed E-state index contributed by atoms with van der Waals surface area (Å²) < 4.78 is 9.99. The third-order valence-electron chi connectivity index (χ3n) is 3.13. The topological polar surface area (TPSA) is 166 Å². The van der Waals surface area contributed by atoms with Crippen molar-refractivity contribution in [2.75, 3.05) is 5.73 Å². The third-order valence-corrected chi connectivity index (χ3v) is 3.13. The van der Waals surface area contributed by atoms with E-state index in [9.17, 15) is 4.79 Å². The zero-order chi connectivity index (χ0) is 17.8. The van der Waals surface area contributed by atoms with Crippen molar-refractivity contribution in [3.05, 3.63) is 53.4 Å². The molecule has 126 valence electrons. The van der Waals surface area contributed by atoms with Gasteiger partial charge in [0.15, 0.2) is 17.3 Å². The fourth-order valence-corrected chi connectivity index (χ4v) is 1.95. The number of nitrogen functional groups attached to an aromatic ring is 1. The molecule has 3 aromatic rings. The molecule has 25 heavy (non-hydrogen) atoms. The first-order chi connectivity index (χ1) is 12.0. The summed E-state index contributed by atoms with van der Waals surface area (Å²) in [6.45, 7) is 0. The predicted octanol–water partition coefficient (Wildman–Crippen LogP) is 1.35. The molecule has 1 aromatic carbocycles. The van der Waals surface area contributed by atoms with E-state index in [0.717, 1.165) is 0 Å². The van der Waals surface area contributed by atoms with Crippen LogP contribution in [0.3, 0.4) is 0 Å². The summed E-state index contributed by atoms with van der Waals surface area (Å²) in [5.41, 5.74) is 12.0. The molecule has 2 heterocycles. The minimum Gasteiger partial charge on any atom is -0.478 e. The smallest absolute Gasteiger partial charge is 0.335 e. The van der Waals surface area contributed by atoms with Crippen molar-refractivity contribution in [3.63, 3.8) is 0 Å². The zero-order valence-electron chi connectivity index (χ0n) is 12.7. The molecule has 0 saturated heterocycles. The van der Waals surface area contributed by atoms with Crippen LogP contribution in [0.2, 0.25) is 0 Å². The highest BCUT2D eigenvalue weighted by Gasteiger charge is 2.10. The van der Waals surface area contributed by atoms with Gasteiger partial charge in [0.25, 0.3) is 0 Å². The van der Waals surface area contributed by atoms with E-state index in [2.05, 4.69) is 25.1 Å². The molecule has 3 rings (SSSR count). The first kappa shape index (κ1) is 15.9. The van der Waals surface area contributed by atoms with E-state index < -0.39 is 5.97 Å². The summed E-state index contributed by atoms with van der Waals surface area (Å²) in [5, 5.41) is 23.4. The van der Waals surface area contributed by atoms with Crippen LogP contribution in [0, 0.1) is 0 Å². The van der Waals surface area contributed by atoms with Gasteiger partial charge >= 0.3 is 5.97 Å². The number of nitrogens with two attached hydrogens (primary N) is 2. The summed E-state index contributed by atoms with van der Waals surface area (Å²) in [7, 11) is 0. The first-order valence-electron chi connectivity index (χ1n) is 6.93. The average molecular weight is 340 g/mol. The molecule has 0 bridgehead atoms. The van der Waals surface area contributed by atoms with Gasteiger partial charge in [-0.3, -0.25) is 0 Å². The molecular weight excluding hydrogens is 328 g/mol. The number of benzene rings is 1. The van der Waals surface area contributed by atoms with Gasteiger partial charge in [0.05, 0.1) is 11.8 Å². The Hall–Kier alpha value is -3.95. The highest BCUT2D eigenvalue weighted by molar-refractivity contribution is 5.99. The predicted molar refractivity (Wildman–Crippen MR) is 88.1 cm³/mol. The number of carbonyl (C=O) groups is 1. The second-order valence-corrected chi connectivity index (χ2v) is 4.82. The summed E-state index contributed by atoms with van der Waals surface area (Å²) >= 11 is 0. The lowest BCUT2D eigenvalue weighted by Gasteiger charge is -1.98. The van der Waals surface area contributed by atoms with Crippen molar-refractivity contribution < 1.29 is 18.9 Å². The maximum absolute atomic E-state index is 11.0. The van der Waals surface area contributed by atoms with E-state index in [0.29, 0.717) is 17.1 Å². The monoisotopic (exact) mass is 340 g/mol. The molecule has 2 aromatic heterocycles. The Labute approximate surface area is 140 Å². The standard InChI is InChI=1S/C15H12N6O4/c16-13(12-14(17)21-25-20-12)19-18-7-10-4-5-11(24-10)8-2-1-3-9(6-8)15(22)23/h1-7H,(H2,16,19)(H2,17,21)(H,22,23)/b18-7+. The molecule has 0 amide bonds. The second kappa shape index (κ2) is 6.66. The molecular formula is C15H12N6O4. The van der Waals surface area contributed by atoms with E-state index in [4.69, 9.17) is 21.0 Å². The van der Waals surface area contributed by atoms with Crippen LogP contribution in [0.15, 0.2) is 55.6 Å². The minimum absolute atomic E-state index is 0.00930. The van der Waals surface area contributed by atoms with Gasteiger partial charge in [-0.15, -0.1) is 5.10 Å². The van der Waals surface area contributed by atoms with Crippen molar-refractivity contribution in [2.24, 2.45) is 15.9 Å². The lowest BCUT2D eigenvalue weighted by atomic mass is 10.1. The third kappa shape index (κ3) is 3.52. The van der Waals surface area contributed by atoms with Crippen molar-refractivity contribution in [1.82, 2.24) is 10.3 Å². The van der Waals surface area contributed by atoms with Gasteiger partial charge in [0.1, 0.15) is 11.5 Å². The fraction of sp³-hybridized carbons (Fsp3) is 0. The van der Waals surface area contributed by atoms with E-state index >= 15 is 0 Å². The number of nitrogens with zero attached hydrogens (tertiary/aromatic N) is 4. The van der Waals surface area contributed by atoms with Crippen LogP contribution in [-0.2, 0) is 0 Å². The molecule has 0 aliphatic rings. The molecule has 0 aliphatic heterocycles. The van der Waals surface area contributed by atoms with E-state index in [1.807, 2.05) is 0 Å². The molecule has 0 unspecified atom stereocenters. The lowest BCUT2D eigenvalue weighted by Crippen LogP contribution is -2.15. The van der Waals surface area contributed by atoms with Crippen LogP contribution < -0.4 is 11.5 Å². The summed E-state index contributed by atoms with van der Waals surface area (Å²) in [6, 6.07) is 9.73. The van der Waals surface area contributed by atoms with Gasteiger partial charge < -0.3 is 21.0 Å². The zero-order valence-corrected chi connectivity index (χ0v) is 12.7. The summed E-state index contributed by atoms with van der Waals surface area (Å²) in [6.07, 6.45) is 1.33. The summed E-state index contributed by atoms with van der Waals surface area (Å²) in [4.78, 5) is 11.0. The van der Waals surface area contributed by atoms with Crippen LogP contribution in [0.1, 0.15) is 21.8 Å². The molecule has 10 nitrogen and oxygen atoms in total. The van der Waals surface area contributed by atoms with Crippen LogP contribution in [0.4, 0.5) is 5.82 Å². The first-order valence-corrected chi connectivity index (χ1v) is 6.93. The number of hydrogen-bond acceptors (Lipinski definition) is 8. The van der Waals surface area contributed by atoms with Crippen molar-refractivity contribution >= 4 is 23.8 Å². The molecule has 0 radical (unpaired) electrons. The number of rotatable bonds is 5. The molecule has 0 aliphatic carbocycles. The average Bonchev–Trinajstić information content (AvgIpc) is 3.24. The number of furan rings is 1. The van der Waals surface area contributed by atoms with Crippen LogP contribution in [0.5, 0.6) is 0 Å². The van der Waals surface area contributed by atoms with Gasteiger partial charge in [-0.05, 0) is 34.6 Å². The number of anilines is 1. The summed E-state index contributed by atoms with van der Waals surface area (Å²) in [5.74, 6) is -0.169. The van der Waals surface area contributed by atoms with Crippen molar-refractivity contribution in [3.8, 4) is 11.3 Å². The van der Waals surface area contributed by atoms with Gasteiger partial charge in [-0.1, -0.05) is 12.1 Å². The lowest BCUT2D eigenvalue weighted by molar-refractivity contribution is 0.0697. The van der Waals surface area contributed by atoms with Crippen LogP contribution in [-0.4, -0.2) is 33.4 Å². The molecule has 5 N–H and O–H groups in total. The SMILES string of the molecule is N/C(=N\N=C\c1ccc(-c2cccc(C(=O)O)c2)o1)c1nonc1N. The highest BCUT2D eigenvalue weighted by Crippen LogP contribution is 2.22. The molecule has 0 fully saturated rings. The maximum Gasteiger partial charge on any atom is 0.335 e. The van der Waals surface area contributed by atoms with Crippen LogP contribution in [0.25, 0.3) is 11.3 Å². The normalized spacial score (nSPS) is 11.9. The quantitative estimate of drug-likeness (QED) is 0.355. The number of amidine groups is 1. The number of carboxylic acids is 1. The highest BCUT2D eigenvalue weighted by atomic mass is 16.6. The van der Waals surface area contributed by atoms with E-state index in [-0.39, 0.29) is 22.9 Å². The molecule has 10 heteroatoms. The van der Waals surface area contributed by atoms with E-state index in [1.165, 1.54) is 18.3 Å². The Bertz CT molecular complexity index is 972. The Morgan fingerprint density at radius 2 is 2.08 bits per heavy atom. The number of carboxylic acid groups (broad SMARTS) is 1. The van der Waals surface area contributed by atoms with Gasteiger partial charge in [0.2, 0.25) is 0 Å². The van der Waals surface area contributed by atoms with Gasteiger partial charge in [0, 0.05) is 5.56 Å². The van der Waals surface area contributed by atoms with Gasteiger partial charge in [-0.2, -0.15) is 5.10 Å². The van der Waals surface area contributed by atoms with Crippen molar-refractivity contribution in [1.29, 1.82) is 0 Å². The Morgan fingerprint density at radius 3 is 2.80 bits per heavy atom. The largest absolute Gasteiger partial charge is 0.478 e. The number of aromatic nitrogens is 2. The number of hydrogen-bond donors (Lipinski definition) is 3. The molecule has 0 spiro atoms. The fourth-order valence-electron chi connectivity index (χ4n) is 1.95. The second-order valence-electron chi connectivity index (χ2n) is 4.82. The van der Waals surface area contributed by atoms with E-state index in [1.54, 1.807) is 24.3 Å².